The van der Waals surface area contributed by atoms with Crippen molar-refractivity contribution in [2.24, 2.45) is 5.73 Å². The molecule has 0 bridgehead atoms. The summed E-state index contributed by atoms with van der Waals surface area (Å²) in [7, 11) is 0. The van der Waals surface area contributed by atoms with Crippen molar-refractivity contribution in [2.45, 2.75) is 50.0 Å². The van der Waals surface area contributed by atoms with Crippen LogP contribution < -0.4 is 21.7 Å². The van der Waals surface area contributed by atoms with Crippen molar-refractivity contribution in [2.75, 3.05) is 18.6 Å². The van der Waals surface area contributed by atoms with Gasteiger partial charge >= 0.3 is 5.97 Å². The molecule has 0 saturated carbocycles. The highest BCUT2D eigenvalue weighted by atomic mass is 32.2. The van der Waals surface area contributed by atoms with Crippen LogP contribution in [0.15, 0.2) is 30.5 Å². The van der Waals surface area contributed by atoms with Crippen LogP contribution in [0.2, 0.25) is 0 Å². The highest BCUT2D eigenvalue weighted by molar-refractivity contribution is 7.98. The first-order chi connectivity index (χ1) is 17.1. The molecule has 13 heteroatoms. The number of carbonyl (C=O) groups is 4. The number of fused-ring (bicyclic) bond motifs is 1. The van der Waals surface area contributed by atoms with Crippen molar-refractivity contribution in [3.8, 4) is 0 Å². The highest BCUT2D eigenvalue weighted by Crippen LogP contribution is 2.19. The first kappa shape index (κ1) is 29.1. The van der Waals surface area contributed by atoms with E-state index in [4.69, 9.17) is 10.8 Å². The Labute approximate surface area is 212 Å². The molecule has 12 nitrogen and oxygen atoms in total. The van der Waals surface area contributed by atoms with Gasteiger partial charge in [-0.2, -0.15) is 11.8 Å². The molecule has 9 N–H and O–H groups in total. The number of benzene rings is 1. The summed E-state index contributed by atoms with van der Waals surface area (Å²) in [6, 6.07) is 2.18. The standard InChI is InChI=1S/C23H33N5O7S/c1-12(30)19(28-21(32)17(7-8-36-2)26-20(31)15(24)11-29)22(33)27-18(23(34)35)9-13-10-25-16-6-4-3-5-14(13)16/h3-6,10,12,15,17-19,25,29-30H,7-9,11,24H2,1-2H3,(H,26,31)(H,27,33)(H,28,32)(H,34,35). The Hall–Kier alpha value is -3.13. The summed E-state index contributed by atoms with van der Waals surface area (Å²) in [6.07, 6.45) is 2.27. The number of nitrogens with two attached hydrogens (primary N) is 1. The van der Waals surface area contributed by atoms with Crippen LogP contribution in [0.1, 0.15) is 18.9 Å². The number of aromatic amines is 1. The Kier molecular flexibility index (Phi) is 11.2. The summed E-state index contributed by atoms with van der Waals surface area (Å²) in [5, 5.41) is 37.0. The topological polar surface area (TPSA) is 207 Å². The monoisotopic (exact) mass is 523 g/mol. The summed E-state index contributed by atoms with van der Waals surface area (Å²) >= 11 is 1.43. The number of aromatic nitrogens is 1. The van der Waals surface area contributed by atoms with E-state index in [1.807, 2.05) is 30.5 Å². The number of aliphatic hydroxyl groups excluding tert-OH is 2. The number of rotatable bonds is 14. The van der Waals surface area contributed by atoms with Gasteiger partial charge in [-0.25, -0.2) is 4.79 Å². The van der Waals surface area contributed by atoms with Crippen molar-refractivity contribution in [3.05, 3.63) is 36.0 Å². The highest BCUT2D eigenvalue weighted by Gasteiger charge is 2.33. The minimum atomic E-state index is -1.48. The number of hydrogen-bond acceptors (Lipinski definition) is 8. The van der Waals surface area contributed by atoms with Gasteiger partial charge in [0.15, 0.2) is 0 Å². The van der Waals surface area contributed by atoms with Gasteiger partial charge in [0.2, 0.25) is 17.7 Å². The summed E-state index contributed by atoms with van der Waals surface area (Å²) in [5.41, 5.74) is 7.00. The molecule has 0 spiro atoms. The van der Waals surface area contributed by atoms with E-state index in [1.54, 1.807) is 6.20 Å². The van der Waals surface area contributed by atoms with Crippen molar-refractivity contribution < 1.29 is 34.5 Å². The summed E-state index contributed by atoms with van der Waals surface area (Å²) in [4.78, 5) is 52.9. The smallest absolute Gasteiger partial charge is 0.326 e. The van der Waals surface area contributed by atoms with Gasteiger partial charge in [-0.1, -0.05) is 18.2 Å². The Balaban J connectivity index is 2.14. The number of amides is 3. The molecule has 0 saturated heterocycles. The maximum atomic E-state index is 12.9. The predicted molar refractivity (Wildman–Crippen MR) is 135 cm³/mol. The van der Waals surface area contributed by atoms with Gasteiger partial charge < -0.3 is 42.0 Å². The third-order valence-electron chi connectivity index (χ3n) is 5.55. The van der Waals surface area contributed by atoms with E-state index in [9.17, 15) is 29.4 Å². The average molecular weight is 524 g/mol. The number of carbonyl (C=O) groups excluding carboxylic acids is 3. The SMILES string of the molecule is CSCCC(NC(=O)C(N)CO)C(=O)NC(C(=O)NC(Cc1c[nH]c2ccccc12)C(=O)O)C(C)O. The largest absolute Gasteiger partial charge is 0.480 e. The van der Waals surface area contributed by atoms with Crippen LogP contribution >= 0.6 is 11.8 Å². The van der Waals surface area contributed by atoms with Gasteiger partial charge in [0.1, 0.15) is 24.2 Å². The number of aliphatic hydroxyl groups is 2. The number of nitrogens with one attached hydrogen (secondary N) is 4. The van der Waals surface area contributed by atoms with E-state index in [2.05, 4.69) is 20.9 Å². The lowest BCUT2D eigenvalue weighted by Gasteiger charge is -2.26. The van der Waals surface area contributed by atoms with Gasteiger partial charge in [-0.15, -0.1) is 0 Å². The second-order valence-electron chi connectivity index (χ2n) is 8.32. The van der Waals surface area contributed by atoms with Gasteiger partial charge in [-0.3, -0.25) is 14.4 Å². The van der Waals surface area contributed by atoms with Crippen molar-refractivity contribution in [3.63, 3.8) is 0 Å². The molecule has 0 aliphatic rings. The maximum Gasteiger partial charge on any atom is 0.326 e. The van der Waals surface area contributed by atoms with E-state index < -0.39 is 60.6 Å². The van der Waals surface area contributed by atoms with E-state index in [0.29, 0.717) is 11.3 Å². The van der Waals surface area contributed by atoms with Crippen LogP contribution in [-0.2, 0) is 25.6 Å². The fourth-order valence-electron chi connectivity index (χ4n) is 3.51. The van der Waals surface area contributed by atoms with Crippen LogP contribution in [0.4, 0.5) is 0 Å². The van der Waals surface area contributed by atoms with E-state index in [1.165, 1.54) is 18.7 Å². The first-order valence-corrected chi connectivity index (χ1v) is 12.7. The number of para-hydroxylation sites is 1. The third kappa shape index (κ3) is 7.95. The number of carboxylic acids is 1. The lowest BCUT2D eigenvalue weighted by molar-refractivity contribution is -0.143. The molecule has 1 aromatic carbocycles. The average Bonchev–Trinajstić information content (AvgIpc) is 3.26. The fraction of sp³-hybridized carbons (Fsp3) is 0.478. The van der Waals surface area contributed by atoms with Crippen LogP contribution in [0, 0.1) is 0 Å². The second-order valence-corrected chi connectivity index (χ2v) is 9.31. The number of hydrogen-bond donors (Lipinski definition) is 8. The van der Waals surface area contributed by atoms with Crippen LogP contribution in [0.5, 0.6) is 0 Å². The van der Waals surface area contributed by atoms with E-state index in [0.717, 1.165) is 10.9 Å². The molecule has 5 unspecified atom stereocenters. The molecule has 0 aliphatic heterocycles. The maximum absolute atomic E-state index is 12.9. The molecule has 2 aromatic rings. The lowest BCUT2D eigenvalue weighted by atomic mass is 10.0. The molecule has 0 fully saturated rings. The molecular formula is C23H33N5O7S. The number of H-pyrrole nitrogens is 1. The van der Waals surface area contributed by atoms with Crippen molar-refractivity contribution in [1.82, 2.24) is 20.9 Å². The summed E-state index contributed by atoms with van der Waals surface area (Å²) in [6.45, 7) is 0.658. The molecule has 0 radical (unpaired) electrons. The molecule has 0 aliphatic carbocycles. The third-order valence-corrected chi connectivity index (χ3v) is 6.20. The molecule has 3 amide bonds. The molecule has 5 atom stereocenters. The number of thioether (sulfide) groups is 1. The zero-order valence-corrected chi connectivity index (χ0v) is 20.9. The zero-order chi connectivity index (χ0) is 26.8. The van der Waals surface area contributed by atoms with Gasteiger partial charge in [0.05, 0.1) is 12.7 Å². The summed E-state index contributed by atoms with van der Waals surface area (Å²) < 4.78 is 0. The van der Waals surface area contributed by atoms with Crippen molar-refractivity contribution >= 4 is 46.4 Å². The zero-order valence-electron chi connectivity index (χ0n) is 20.1. The van der Waals surface area contributed by atoms with Gasteiger partial charge in [0, 0.05) is 23.5 Å². The van der Waals surface area contributed by atoms with Crippen LogP contribution in [-0.4, -0.2) is 92.9 Å². The Morgan fingerprint density at radius 3 is 2.33 bits per heavy atom. The Morgan fingerprint density at radius 1 is 1.06 bits per heavy atom. The van der Waals surface area contributed by atoms with E-state index in [-0.39, 0.29) is 12.8 Å². The van der Waals surface area contributed by atoms with Crippen LogP contribution in [0.3, 0.4) is 0 Å². The van der Waals surface area contributed by atoms with Crippen molar-refractivity contribution in [1.29, 1.82) is 0 Å². The normalized spacial score (nSPS) is 15.4. The molecule has 1 heterocycles. The van der Waals surface area contributed by atoms with Gasteiger partial charge in [0.25, 0.3) is 0 Å². The molecule has 2 rings (SSSR count). The number of carboxylic acid groups (broad SMARTS) is 1. The van der Waals surface area contributed by atoms with E-state index >= 15 is 0 Å². The quantitative estimate of drug-likeness (QED) is 0.148. The number of aliphatic carboxylic acids is 1. The fourth-order valence-corrected chi connectivity index (χ4v) is 3.98. The first-order valence-electron chi connectivity index (χ1n) is 11.3. The predicted octanol–water partition coefficient (Wildman–Crippen LogP) is -1.30. The molecular weight excluding hydrogens is 490 g/mol. The molecule has 1 aromatic heterocycles. The Bertz CT molecular complexity index is 1060. The second kappa shape index (κ2) is 13.8. The molecule has 198 valence electrons. The lowest BCUT2D eigenvalue weighted by Crippen LogP contribution is -2.60. The minimum Gasteiger partial charge on any atom is -0.480 e. The molecule has 36 heavy (non-hydrogen) atoms. The van der Waals surface area contributed by atoms with Crippen LogP contribution in [0.25, 0.3) is 10.9 Å². The Morgan fingerprint density at radius 2 is 1.72 bits per heavy atom. The minimum absolute atomic E-state index is 0.0307. The van der Waals surface area contributed by atoms with Gasteiger partial charge in [-0.05, 0) is 37.0 Å². The summed E-state index contributed by atoms with van der Waals surface area (Å²) in [5.74, 6) is -3.20.